The van der Waals surface area contributed by atoms with E-state index in [1.165, 1.54) is 0 Å². The highest BCUT2D eigenvalue weighted by Gasteiger charge is 2.32. The second-order valence-electron chi connectivity index (χ2n) is 7.50. The van der Waals surface area contributed by atoms with E-state index in [9.17, 15) is 24.3 Å². The van der Waals surface area contributed by atoms with Crippen LogP contribution in [0.3, 0.4) is 0 Å². The number of hydrogen-bond donors (Lipinski definition) is 2. The van der Waals surface area contributed by atoms with Gasteiger partial charge in [0.05, 0.1) is 25.3 Å². The van der Waals surface area contributed by atoms with Gasteiger partial charge in [-0.05, 0) is 32.3 Å². The van der Waals surface area contributed by atoms with Gasteiger partial charge < -0.3 is 19.9 Å². The molecular weight excluding hydrogens is 418 g/mol. The Hall–Kier alpha value is -2.98. The quantitative estimate of drug-likeness (QED) is 0.511. The van der Waals surface area contributed by atoms with Crippen LogP contribution < -0.4 is 5.32 Å². The van der Waals surface area contributed by atoms with E-state index in [1.807, 2.05) is 11.0 Å². The Morgan fingerprint density at radius 2 is 1.84 bits per heavy atom. The molecule has 0 unspecified atom stereocenters. The monoisotopic (exact) mass is 449 g/mol. The number of imide groups is 1. The van der Waals surface area contributed by atoms with Crippen molar-refractivity contribution in [2.75, 3.05) is 32.8 Å². The number of likely N-dealkylation sites (tertiary alicyclic amines) is 1. The summed E-state index contributed by atoms with van der Waals surface area (Å²) in [5.41, 5.74) is 0.740. The van der Waals surface area contributed by atoms with Crippen LogP contribution in [-0.2, 0) is 30.4 Å². The molecule has 0 aliphatic carbocycles. The van der Waals surface area contributed by atoms with Gasteiger partial charge in [-0.15, -0.1) is 0 Å². The maximum atomic E-state index is 12.8. The molecule has 0 aromatic heterocycles. The lowest BCUT2D eigenvalue weighted by molar-refractivity contribution is -0.144. The molecular formula is C22H31N3O7. The lowest BCUT2D eigenvalue weighted by Crippen LogP contribution is -2.51. The van der Waals surface area contributed by atoms with Crippen LogP contribution in [0.1, 0.15) is 32.3 Å². The molecule has 1 saturated heterocycles. The molecule has 1 aliphatic heterocycles. The third-order valence-electron chi connectivity index (χ3n) is 5.25. The van der Waals surface area contributed by atoms with Crippen molar-refractivity contribution < 1.29 is 33.8 Å². The molecule has 2 rings (SSSR count). The summed E-state index contributed by atoms with van der Waals surface area (Å²) < 4.78 is 10.3. The van der Waals surface area contributed by atoms with Crippen LogP contribution in [0.5, 0.6) is 0 Å². The molecule has 2 N–H and O–H groups in total. The second kappa shape index (κ2) is 12.8. The number of amides is 3. The molecule has 3 amide bonds. The van der Waals surface area contributed by atoms with Gasteiger partial charge in [0.15, 0.2) is 0 Å². The van der Waals surface area contributed by atoms with Gasteiger partial charge in [0, 0.05) is 13.1 Å². The third kappa shape index (κ3) is 7.93. The summed E-state index contributed by atoms with van der Waals surface area (Å²) in [4.78, 5) is 50.3. The Bertz CT molecular complexity index is 779. The SMILES string of the molecule is CCOC(=O)CNC(=O)COC1CCN([C@@H](C)C(=O)N(Cc2ccccc2)C(=O)O)CC1. The molecule has 1 heterocycles. The van der Waals surface area contributed by atoms with Gasteiger partial charge in [-0.1, -0.05) is 30.3 Å². The number of ether oxygens (including phenoxy) is 2. The van der Waals surface area contributed by atoms with Gasteiger partial charge in [0.2, 0.25) is 11.8 Å². The molecule has 1 aromatic rings. The summed E-state index contributed by atoms with van der Waals surface area (Å²) in [5, 5.41) is 12.0. The normalized spacial score (nSPS) is 15.6. The lowest BCUT2D eigenvalue weighted by Gasteiger charge is -2.36. The summed E-state index contributed by atoms with van der Waals surface area (Å²) in [7, 11) is 0. The zero-order valence-corrected chi connectivity index (χ0v) is 18.5. The first-order chi connectivity index (χ1) is 15.3. The van der Waals surface area contributed by atoms with Gasteiger partial charge >= 0.3 is 12.1 Å². The molecule has 0 spiro atoms. The van der Waals surface area contributed by atoms with E-state index in [1.54, 1.807) is 38.1 Å². The van der Waals surface area contributed by atoms with Crippen molar-refractivity contribution in [3.63, 3.8) is 0 Å². The van der Waals surface area contributed by atoms with Crippen molar-refractivity contribution in [3.05, 3.63) is 35.9 Å². The van der Waals surface area contributed by atoms with Crippen LogP contribution in [0.2, 0.25) is 0 Å². The molecule has 1 aliphatic rings. The molecule has 10 heteroatoms. The fourth-order valence-electron chi connectivity index (χ4n) is 3.44. The van der Waals surface area contributed by atoms with Crippen LogP contribution >= 0.6 is 0 Å². The van der Waals surface area contributed by atoms with Gasteiger partial charge in [-0.25, -0.2) is 9.69 Å². The fraction of sp³-hybridized carbons (Fsp3) is 0.545. The molecule has 0 saturated carbocycles. The van der Waals surface area contributed by atoms with E-state index >= 15 is 0 Å². The standard InChI is InChI=1S/C22H31N3O7/c1-3-31-20(27)13-23-19(26)15-32-18-9-11-24(12-10-18)16(2)21(28)25(22(29)30)14-17-7-5-4-6-8-17/h4-8,16,18H,3,9-15H2,1-2H3,(H,23,26)(H,29,30)/t16-/m0/s1. The Balaban J connectivity index is 1.77. The first kappa shape index (κ1) is 25.3. The highest BCUT2D eigenvalue weighted by atomic mass is 16.5. The van der Waals surface area contributed by atoms with E-state index in [4.69, 9.17) is 9.47 Å². The van der Waals surface area contributed by atoms with Gasteiger partial charge in [-0.2, -0.15) is 0 Å². The predicted molar refractivity (Wildman–Crippen MR) is 115 cm³/mol. The number of hydrogen-bond acceptors (Lipinski definition) is 7. The van der Waals surface area contributed by atoms with Crippen molar-refractivity contribution in [2.24, 2.45) is 0 Å². The van der Waals surface area contributed by atoms with Crippen molar-refractivity contribution in [2.45, 2.75) is 45.4 Å². The van der Waals surface area contributed by atoms with E-state index < -0.39 is 29.9 Å². The van der Waals surface area contributed by atoms with Crippen molar-refractivity contribution in [1.82, 2.24) is 15.1 Å². The van der Waals surface area contributed by atoms with Crippen LogP contribution in [0.25, 0.3) is 0 Å². The van der Waals surface area contributed by atoms with Crippen molar-refractivity contribution in [1.29, 1.82) is 0 Å². The van der Waals surface area contributed by atoms with Crippen LogP contribution in [0.4, 0.5) is 4.79 Å². The average Bonchev–Trinajstić information content (AvgIpc) is 2.80. The maximum absolute atomic E-state index is 12.8. The molecule has 1 atom stereocenters. The number of rotatable bonds is 10. The zero-order valence-electron chi connectivity index (χ0n) is 18.5. The highest BCUT2D eigenvalue weighted by Crippen LogP contribution is 2.18. The lowest BCUT2D eigenvalue weighted by atomic mass is 10.1. The van der Waals surface area contributed by atoms with E-state index in [0.29, 0.717) is 25.9 Å². The summed E-state index contributed by atoms with van der Waals surface area (Å²) in [6, 6.07) is 8.38. The molecule has 0 bridgehead atoms. The number of nitrogens with zero attached hydrogens (tertiary/aromatic N) is 2. The molecule has 176 valence electrons. The predicted octanol–water partition coefficient (Wildman–Crippen LogP) is 1.24. The Kier molecular flexibility index (Phi) is 10.1. The molecule has 1 aromatic carbocycles. The summed E-state index contributed by atoms with van der Waals surface area (Å²) in [6.45, 7) is 4.36. The van der Waals surface area contributed by atoms with E-state index in [2.05, 4.69) is 5.32 Å². The maximum Gasteiger partial charge on any atom is 0.414 e. The number of esters is 1. The van der Waals surface area contributed by atoms with Gasteiger partial charge in [0.25, 0.3) is 0 Å². The minimum atomic E-state index is -1.28. The molecule has 10 nitrogen and oxygen atoms in total. The van der Waals surface area contributed by atoms with Crippen LogP contribution in [-0.4, -0.2) is 83.8 Å². The minimum Gasteiger partial charge on any atom is -0.465 e. The summed E-state index contributed by atoms with van der Waals surface area (Å²) in [6.07, 6.45) is -0.220. The van der Waals surface area contributed by atoms with E-state index in [-0.39, 0.29) is 32.4 Å². The van der Waals surface area contributed by atoms with Crippen LogP contribution in [0.15, 0.2) is 30.3 Å². The topological polar surface area (TPSA) is 125 Å². The summed E-state index contributed by atoms with van der Waals surface area (Å²) >= 11 is 0. The van der Waals surface area contributed by atoms with Crippen molar-refractivity contribution in [3.8, 4) is 0 Å². The minimum absolute atomic E-state index is 0.000165. The largest absolute Gasteiger partial charge is 0.465 e. The average molecular weight is 450 g/mol. The first-order valence-electron chi connectivity index (χ1n) is 10.7. The number of piperidine rings is 1. The van der Waals surface area contributed by atoms with Gasteiger partial charge in [0.1, 0.15) is 13.2 Å². The third-order valence-corrected chi connectivity index (χ3v) is 5.25. The summed E-state index contributed by atoms with van der Waals surface area (Å²) in [5.74, 6) is -1.38. The first-order valence-corrected chi connectivity index (χ1v) is 10.7. The Morgan fingerprint density at radius 1 is 1.19 bits per heavy atom. The fourth-order valence-corrected chi connectivity index (χ4v) is 3.44. The number of carbonyl (C=O) groups excluding carboxylic acids is 3. The zero-order chi connectivity index (χ0) is 23.5. The molecule has 0 radical (unpaired) electrons. The number of carbonyl (C=O) groups is 4. The van der Waals surface area contributed by atoms with Gasteiger partial charge in [-0.3, -0.25) is 19.3 Å². The highest BCUT2D eigenvalue weighted by molar-refractivity contribution is 5.94. The molecule has 1 fully saturated rings. The van der Waals surface area contributed by atoms with Crippen LogP contribution in [0, 0.1) is 0 Å². The number of nitrogens with one attached hydrogen (secondary N) is 1. The Morgan fingerprint density at radius 3 is 2.44 bits per heavy atom. The van der Waals surface area contributed by atoms with Crippen molar-refractivity contribution >= 4 is 23.9 Å². The number of carboxylic acid groups (broad SMARTS) is 1. The van der Waals surface area contributed by atoms with E-state index in [0.717, 1.165) is 10.5 Å². The Labute approximate surface area is 187 Å². The second-order valence-corrected chi connectivity index (χ2v) is 7.50. The number of benzene rings is 1. The smallest absolute Gasteiger partial charge is 0.414 e. The molecule has 32 heavy (non-hydrogen) atoms.